The Labute approximate surface area is 177 Å². The van der Waals surface area contributed by atoms with E-state index in [0.717, 1.165) is 16.9 Å². The van der Waals surface area contributed by atoms with Crippen molar-refractivity contribution < 1.29 is 9.21 Å². The van der Waals surface area contributed by atoms with Crippen LogP contribution in [-0.2, 0) is 0 Å². The van der Waals surface area contributed by atoms with Crippen molar-refractivity contribution in [1.29, 1.82) is 0 Å². The third kappa shape index (κ3) is 3.65. The number of benzene rings is 1. The second-order valence-electron chi connectivity index (χ2n) is 7.40. The van der Waals surface area contributed by atoms with E-state index in [4.69, 9.17) is 4.42 Å². The summed E-state index contributed by atoms with van der Waals surface area (Å²) in [7, 11) is 0. The topological polar surface area (TPSA) is 97.4 Å². The van der Waals surface area contributed by atoms with Crippen LogP contribution in [0.3, 0.4) is 0 Å². The zero-order valence-corrected chi connectivity index (χ0v) is 16.9. The van der Waals surface area contributed by atoms with Crippen LogP contribution in [-0.4, -0.2) is 56.7 Å². The van der Waals surface area contributed by atoms with Gasteiger partial charge in [-0.3, -0.25) is 4.79 Å². The van der Waals surface area contributed by atoms with Gasteiger partial charge in [0.15, 0.2) is 5.82 Å². The van der Waals surface area contributed by atoms with Crippen LogP contribution in [0.5, 0.6) is 0 Å². The van der Waals surface area contributed by atoms with Gasteiger partial charge in [0.05, 0.1) is 5.69 Å². The summed E-state index contributed by atoms with van der Waals surface area (Å²) in [6.07, 6.45) is 3.37. The average molecular weight is 416 g/mol. The number of carbonyl (C=O) groups excluding carboxylic acids is 1. The first-order valence-corrected chi connectivity index (χ1v) is 10.0. The minimum atomic E-state index is -0.610. The summed E-state index contributed by atoms with van der Waals surface area (Å²) in [4.78, 5) is 37.7. The van der Waals surface area contributed by atoms with E-state index in [1.165, 1.54) is 6.33 Å². The fraction of sp³-hybridized carbons (Fsp3) is 0.227. The van der Waals surface area contributed by atoms with E-state index in [1.54, 1.807) is 27.8 Å². The number of aromatic nitrogens is 4. The first kappa shape index (κ1) is 19.0. The van der Waals surface area contributed by atoms with Crippen molar-refractivity contribution in [2.24, 2.45) is 0 Å². The van der Waals surface area contributed by atoms with Gasteiger partial charge < -0.3 is 14.2 Å². The lowest BCUT2D eigenvalue weighted by molar-refractivity contribution is 0.0742. The van der Waals surface area contributed by atoms with Gasteiger partial charge in [-0.2, -0.15) is 5.10 Å². The Balaban J connectivity index is 1.31. The molecular formula is C22H20N6O3. The normalized spacial score (nSPS) is 14.2. The Kier molecular flexibility index (Phi) is 4.70. The summed E-state index contributed by atoms with van der Waals surface area (Å²) >= 11 is 0. The van der Waals surface area contributed by atoms with Gasteiger partial charge in [0.2, 0.25) is 0 Å². The first-order chi connectivity index (χ1) is 15.1. The quantitative estimate of drug-likeness (QED) is 0.472. The van der Waals surface area contributed by atoms with E-state index in [1.807, 2.05) is 37.4 Å². The molecule has 3 aromatic heterocycles. The Hall–Kier alpha value is -4.01. The Morgan fingerprint density at radius 2 is 1.77 bits per heavy atom. The second-order valence-corrected chi connectivity index (χ2v) is 7.40. The van der Waals surface area contributed by atoms with Crippen LogP contribution in [0.15, 0.2) is 64.2 Å². The van der Waals surface area contributed by atoms with Crippen LogP contribution < -0.4 is 10.5 Å². The van der Waals surface area contributed by atoms with E-state index in [9.17, 15) is 9.59 Å². The molecule has 0 radical (unpaired) electrons. The molecule has 1 fully saturated rings. The van der Waals surface area contributed by atoms with E-state index < -0.39 is 5.63 Å². The summed E-state index contributed by atoms with van der Waals surface area (Å²) in [5, 5.41) is 5.11. The van der Waals surface area contributed by atoms with Crippen molar-refractivity contribution in [2.75, 3.05) is 31.1 Å². The zero-order chi connectivity index (χ0) is 21.4. The number of fused-ring (bicyclic) bond motifs is 1. The highest BCUT2D eigenvalue weighted by molar-refractivity contribution is 5.96. The third-order valence-electron chi connectivity index (χ3n) is 5.36. The number of para-hydroxylation sites is 1. The minimum absolute atomic E-state index is 0.0607. The van der Waals surface area contributed by atoms with Crippen LogP contribution in [0.1, 0.15) is 16.1 Å². The van der Waals surface area contributed by atoms with Gasteiger partial charge in [-0.1, -0.05) is 18.2 Å². The van der Waals surface area contributed by atoms with Crippen molar-refractivity contribution in [2.45, 2.75) is 6.92 Å². The molecule has 1 aliphatic heterocycles. The number of piperazine rings is 1. The van der Waals surface area contributed by atoms with Crippen LogP contribution in [0, 0.1) is 6.92 Å². The Morgan fingerprint density at radius 1 is 1.00 bits per heavy atom. The third-order valence-corrected chi connectivity index (χ3v) is 5.36. The first-order valence-electron chi connectivity index (χ1n) is 10.0. The molecule has 0 atom stereocenters. The van der Waals surface area contributed by atoms with Gasteiger partial charge >= 0.3 is 5.63 Å². The number of anilines is 1. The number of rotatable bonds is 3. The van der Waals surface area contributed by atoms with Gasteiger partial charge in [0.1, 0.15) is 23.3 Å². The summed E-state index contributed by atoms with van der Waals surface area (Å²) in [6, 6.07) is 12.6. The van der Waals surface area contributed by atoms with Gasteiger partial charge in [-0.15, -0.1) is 0 Å². The molecule has 1 aliphatic rings. The van der Waals surface area contributed by atoms with E-state index in [-0.39, 0.29) is 11.5 Å². The SMILES string of the molecule is Cc1ccn(-c2cc(N3CCN(C(=O)c4cc5ccccc5oc4=O)CC3)ncn2)n1. The van der Waals surface area contributed by atoms with E-state index in [2.05, 4.69) is 20.0 Å². The van der Waals surface area contributed by atoms with Crippen LogP contribution in [0.2, 0.25) is 0 Å². The molecule has 1 amide bonds. The highest BCUT2D eigenvalue weighted by atomic mass is 16.4. The second kappa shape index (κ2) is 7.67. The number of carbonyl (C=O) groups is 1. The lowest BCUT2D eigenvalue weighted by atomic mass is 10.1. The molecule has 0 spiro atoms. The molecule has 4 heterocycles. The average Bonchev–Trinajstić information content (AvgIpc) is 3.25. The van der Waals surface area contributed by atoms with Crippen molar-refractivity contribution >= 4 is 22.7 Å². The molecule has 9 heteroatoms. The van der Waals surface area contributed by atoms with E-state index >= 15 is 0 Å². The summed E-state index contributed by atoms with van der Waals surface area (Å²) in [5.41, 5.74) is 0.831. The zero-order valence-electron chi connectivity index (χ0n) is 16.9. The molecule has 0 bridgehead atoms. The highest BCUT2D eigenvalue weighted by Gasteiger charge is 2.25. The molecule has 4 aromatic rings. The molecule has 0 aliphatic carbocycles. The highest BCUT2D eigenvalue weighted by Crippen LogP contribution is 2.18. The maximum absolute atomic E-state index is 13.0. The van der Waals surface area contributed by atoms with Gasteiger partial charge in [-0.25, -0.2) is 19.4 Å². The van der Waals surface area contributed by atoms with Crippen LogP contribution in [0.4, 0.5) is 5.82 Å². The molecule has 1 aromatic carbocycles. The van der Waals surface area contributed by atoms with Gasteiger partial charge in [-0.05, 0) is 25.1 Å². The maximum Gasteiger partial charge on any atom is 0.349 e. The summed E-state index contributed by atoms with van der Waals surface area (Å²) in [6.45, 7) is 4.07. The lowest BCUT2D eigenvalue weighted by Gasteiger charge is -2.35. The number of aryl methyl sites for hydroxylation is 1. The molecule has 9 nitrogen and oxygen atoms in total. The van der Waals surface area contributed by atoms with Crippen LogP contribution >= 0.6 is 0 Å². The molecule has 156 valence electrons. The predicted octanol–water partition coefficient (Wildman–Crippen LogP) is 2.04. The molecule has 5 rings (SSSR count). The van der Waals surface area contributed by atoms with Crippen molar-refractivity contribution in [3.8, 4) is 5.82 Å². The maximum atomic E-state index is 13.0. The van der Waals surface area contributed by atoms with Gasteiger partial charge in [0.25, 0.3) is 5.91 Å². The number of hydrogen-bond donors (Lipinski definition) is 0. The molecule has 0 N–H and O–H groups in total. The number of amides is 1. The fourth-order valence-electron chi connectivity index (χ4n) is 3.70. The lowest BCUT2D eigenvalue weighted by Crippen LogP contribution is -2.49. The predicted molar refractivity (Wildman–Crippen MR) is 114 cm³/mol. The smallest absolute Gasteiger partial charge is 0.349 e. The summed E-state index contributed by atoms with van der Waals surface area (Å²) < 4.78 is 7.02. The Morgan fingerprint density at radius 3 is 2.55 bits per heavy atom. The fourth-order valence-corrected chi connectivity index (χ4v) is 3.70. The monoisotopic (exact) mass is 416 g/mol. The van der Waals surface area contributed by atoms with Gasteiger partial charge in [0, 0.05) is 43.8 Å². The Bertz CT molecular complexity index is 1320. The molecular weight excluding hydrogens is 396 g/mol. The standard InChI is InChI=1S/C22H20N6O3/c1-15-6-7-28(25-15)20-13-19(23-14-24-20)26-8-10-27(11-9-26)21(29)17-12-16-4-2-3-5-18(16)31-22(17)30/h2-7,12-14H,8-11H2,1H3. The van der Waals surface area contributed by atoms with Crippen molar-refractivity contribution in [3.05, 3.63) is 76.7 Å². The van der Waals surface area contributed by atoms with Crippen molar-refractivity contribution in [3.63, 3.8) is 0 Å². The summed E-state index contributed by atoms with van der Waals surface area (Å²) in [5.74, 6) is 1.15. The van der Waals surface area contributed by atoms with Crippen LogP contribution in [0.25, 0.3) is 16.8 Å². The van der Waals surface area contributed by atoms with Crippen molar-refractivity contribution in [1.82, 2.24) is 24.6 Å². The number of hydrogen-bond acceptors (Lipinski definition) is 7. The largest absolute Gasteiger partial charge is 0.422 e. The molecule has 31 heavy (non-hydrogen) atoms. The molecule has 1 saturated heterocycles. The molecule has 0 saturated carbocycles. The number of nitrogens with zero attached hydrogens (tertiary/aromatic N) is 6. The van der Waals surface area contributed by atoms with E-state index in [0.29, 0.717) is 37.6 Å². The minimum Gasteiger partial charge on any atom is -0.422 e. The molecule has 0 unspecified atom stereocenters.